The number of likely N-dealkylation sites (tertiary alicyclic amines) is 1. The molecule has 104 valence electrons. The summed E-state index contributed by atoms with van der Waals surface area (Å²) in [6.07, 6.45) is 6.51. The van der Waals surface area contributed by atoms with E-state index in [9.17, 15) is 9.90 Å². The first-order valence-corrected chi connectivity index (χ1v) is 7.42. The lowest BCUT2D eigenvalue weighted by Gasteiger charge is -2.37. The summed E-state index contributed by atoms with van der Waals surface area (Å²) in [5, 5.41) is 12.8. The number of nitrogens with one attached hydrogen (secondary N) is 1. The normalized spacial score (nSPS) is 33.1. The van der Waals surface area contributed by atoms with E-state index in [4.69, 9.17) is 0 Å². The van der Waals surface area contributed by atoms with Gasteiger partial charge in [0.1, 0.15) is 0 Å². The third kappa shape index (κ3) is 2.86. The van der Waals surface area contributed by atoms with Crippen molar-refractivity contribution in [1.29, 1.82) is 0 Å². The summed E-state index contributed by atoms with van der Waals surface area (Å²) in [6.45, 7) is 4.12. The Balaban J connectivity index is 1.94. The number of hydrogen-bond acceptors (Lipinski definition) is 3. The van der Waals surface area contributed by atoms with E-state index in [0.29, 0.717) is 5.92 Å². The van der Waals surface area contributed by atoms with Gasteiger partial charge in [-0.25, -0.2) is 0 Å². The Morgan fingerprint density at radius 3 is 2.83 bits per heavy atom. The number of amides is 1. The quantitative estimate of drug-likeness (QED) is 0.773. The molecule has 3 unspecified atom stereocenters. The Bertz CT molecular complexity index is 283. The van der Waals surface area contributed by atoms with Gasteiger partial charge in [-0.2, -0.15) is 0 Å². The van der Waals surface area contributed by atoms with Crippen molar-refractivity contribution in [2.45, 2.75) is 57.5 Å². The number of nitrogens with zero attached hydrogens (tertiary/aromatic N) is 1. The summed E-state index contributed by atoms with van der Waals surface area (Å²) < 4.78 is 0. The summed E-state index contributed by atoms with van der Waals surface area (Å²) in [7, 11) is 0. The van der Waals surface area contributed by atoms with Gasteiger partial charge in [-0.05, 0) is 32.2 Å². The van der Waals surface area contributed by atoms with Gasteiger partial charge in [0.05, 0.1) is 6.04 Å². The number of aliphatic hydroxyl groups is 1. The maximum Gasteiger partial charge on any atom is 0.240 e. The molecule has 4 nitrogen and oxygen atoms in total. The van der Waals surface area contributed by atoms with Crippen LogP contribution < -0.4 is 5.32 Å². The maximum absolute atomic E-state index is 12.4. The molecule has 1 aliphatic carbocycles. The van der Waals surface area contributed by atoms with Crippen molar-refractivity contribution in [3.63, 3.8) is 0 Å². The van der Waals surface area contributed by atoms with Gasteiger partial charge >= 0.3 is 0 Å². The number of rotatable bonds is 5. The zero-order valence-electron chi connectivity index (χ0n) is 11.4. The molecule has 2 aliphatic rings. The van der Waals surface area contributed by atoms with E-state index < -0.39 is 0 Å². The molecule has 1 saturated carbocycles. The van der Waals surface area contributed by atoms with Gasteiger partial charge in [0, 0.05) is 25.1 Å². The van der Waals surface area contributed by atoms with Crippen molar-refractivity contribution in [2.75, 3.05) is 19.7 Å². The fourth-order valence-corrected chi connectivity index (χ4v) is 3.35. The molecule has 0 spiro atoms. The predicted octanol–water partition coefficient (Wildman–Crippen LogP) is 1.14. The van der Waals surface area contributed by atoms with Crippen LogP contribution in [-0.2, 0) is 4.79 Å². The van der Waals surface area contributed by atoms with E-state index in [1.807, 2.05) is 4.90 Å². The van der Waals surface area contributed by atoms with E-state index in [1.165, 1.54) is 12.8 Å². The lowest BCUT2D eigenvalue weighted by atomic mass is 9.84. The van der Waals surface area contributed by atoms with E-state index in [1.54, 1.807) is 0 Å². The van der Waals surface area contributed by atoms with Crippen LogP contribution in [-0.4, -0.2) is 47.7 Å². The Morgan fingerprint density at radius 2 is 2.11 bits per heavy atom. The highest BCUT2D eigenvalue weighted by Crippen LogP contribution is 2.30. The Labute approximate surface area is 110 Å². The molecule has 0 aromatic heterocycles. The lowest BCUT2D eigenvalue weighted by Crippen LogP contribution is -2.47. The highest BCUT2D eigenvalue weighted by atomic mass is 16.3. The van der Waals surface area contributed by atoms with Crippen molar-refractivity contribution in [1.82, 2.24) is 10.2 Å². The molecule has 1 saturated heterocycles. The largest absolute Gasteiger partial charge is 0.396 e. The molecule has 0 aromatic rings. The zero-order valence-corrected chi connectivity index (χ0v) is 11.4. The fourth-order valence-electron chi connectivity index (χ4n) is 3.35. The molecular formula is C14H26N2O2. The predicted molar refractivity (Wildman–Crippen MR) is 71.2 cm³/mol. The monoisotopic (exact) mass is 254 g/mol. The molecular weight excluding hydrogens is 228 g/mol. The zero-order chi connectivity index (χ0) is 13.0. The van der Waals surface area contributed by atoms with Crippen LogP contribution >= 0.6 is 0 Å². The van der Waals surface area contributed by atoms with Crippen LogP contribution in [0.25, 0.3) is 0 Å². The molecule has 1 heterocycles. The first-order chi connectivity index (χ1) is 8.77. The average molecular weight is 254 g/mol. The summed E-state index contributed by atoms with van der Waals surface area (Å²) in [6, 6.07) is 0.302. The number of carbonyl (C=O) groups excluding carboxylic acids is 1. The second-order valence-electron chi connectivity index (χ2n) is 5.62. The summed E-state index contributed by atoms with van der Waals surface area (Å²) in [5.74, 6) is 0.557. The molecule has 2 rings (SSSR count). The number of aliphatic hydroxyl groups excluding tert-OH is 1. The molecule has 18 heavy (non-hydrogen) atoms. The topological polar surface area (TPSA) is 52.6 Å². The molecule has 4 heteroatoms. The lowest BCUT2D eigenvalue weighted by molar-refractivity contribution is -0.133. The maximum atomic E-state index is 12.4. The third-order valence-corrected chi connectivity index (χ3v) is 4.38. The molecule has 3 atom stereocenters. The van der Waals surface area contributed by atoms with Gasteiger partial charge in [0.25, 0.3) is 0 Å². The summed E-state index contributed by atoms with van der Waals surface area (Å²) >= 11 is 0. The van der Waals surface area contributed by atoms with Crippen molar-refractivity contribution >= 4 is 5.91 Å². The Kier molecular flexibility index (Phi) is 5.01. The Hall–Kier alpha value is -0.610. The smallest absolute Gasteiger partial charge is 0.240 e. The average Bonchev–Trinajstić information content (AvgIpc) is 2.77. The van der Waals surface area contributed by atoms with Crippen LogP contribution in [0.3, 0.4) is 0 Å². The molecule has 0 bridgehead atoms. The van der Waals surface area contributed by atoms with Crippen molar-refractivity contribution < 1.29 is 9.90 Å². The van der Waals surface area contributed by atoms with Gasteiger partial charge in [0.2, 0.25) is 5.91 Å². The molecule has 1 amide bonds. The van der Waals surface area contributed by atoms with Gasteiger partial charge in [-0.1, -0.05) is 19.8 Å². The SMILES string of the molecule is CCCNC1CCN(C2CCCCC2CO)C1=O. The highest BCUT2D eigenvalue weighted by Gasteiger charge is 2.39. The van der Waals surface area contributed by atoms with Crippen molar-refractivity contribution in [2.24, 2.45) is 5.92 Å². The highest BCUT2D eigenvalue weighted by molar-refractivity contribution is 5.84. The molecule has 2 fully saturated rings. The van der Waals surface area contributed by atoms with E-state index >= 15 is 0 Å². The van der Waals surface area contributed by atoms with Crippen molar-refractivity contribution in [3.05, 3.63) is 0 Å². The first kappa shape index (κ1) is 13.8. The van der Waals surface area contributed by atoms with Crippen LogP contribution in [0.5, 0.6) is 0 Å². The van der Waals surface area contributed by atoms with Crippen LogP contribution in [0.1, 0.15) is 45.4 Å². The van der Waals surface area contributed by atoms with Crippen LogP contribution in [0.4, 0.5) is 0 Å². The number of hydrogen-bond donors (Lipinski definition) is 2. The van der Waals surface area contributed by atoms with Crippen LogP contribution in [0, 0.1) is 5.92 Å². The standard InChI is InChI=1S/C14H26N2O2/c1-2-8-15-12-7-9-16(14(12)18)13-6-4-3-5-11(13)10-17/h11-13,15,17H,2-10H2,1H3. The summed E-state index contributed by atoms with van der Waals surface area (Å²) in [5.41, 5.74) is 0. The molecule has 0 radical (unpaired) electrons. The minimum Gasteiger partial charge on any atom is -0.396 e. The minimum absolute atomic E-state index is 0.0196. The molecule has 2 N–H and O–H groups in total. The third-order valence-electron chi connectivity index (χ3n) is 4.38. The second-order valence-corrected chi connectivity index (χ2v) is 5.62. The van der Waals surface area contributed by atoms with Crippen molar-refractivity contribution in [3.8, 4) is 0 Å². The van der Waals surface area contributed by atoms with Crippen LogP contribution in [0.2, 0.25) is 0 Å². The molecule has 0 aromatic carbocycles. The summed E-state index contributed by atoms with van der Waals surface area (Å²) in [4.78, 5) is 14.4. The van der Waals surface area contributed by atoms with E-state index in [2.05, 4.69) is 12.2 Å². The number of carbonyl (C=O) groups is 1. The van der Waals surface area contributed by atoms with Gasteiger partial charge < -0.3 is 15.3 Å². The van der Waals surface area contributed by atoms with Gasteiger partial charge in [-0.3, -0.25) is 4.79 Å². The second kappa shape index (κ2) is 6.53. The first-order valence-electron chi connectivity index (χ1n) is 7.42. The van der Waals surface area contributed by atoms with Gasteiger partial charge in [0.15, 0.2) is 0 Å². The molecule has 1 aliphatic heterocycles. The van der Waals surface area contributed by atoms with E-state index in [0.717, 1.165) is 38.8 Å². The van der Waals surface area contributed by atoms with E-state index in [-0.39, 0.29) is 24.6 Å². The Morgan fingerprint density at radius 1 is 1.33 bits per heavy atom. The fraction of sp³-hybridized carbons (Fsp3) is 0.929. The van der Waals surface area contributed by atoms with Crippen LogP contribution in [0.15, 0.2) is 0 Å². The van der Waals surface area contributed by atoms with Gasteiger partial charge in [-0.15, -0.1) is 0 Å². The minimum atomic E-state index is 0.0196.